The third-order valence-corrected chi connectivity index (χ3v) is 3.20. The topological polar surface area (TPSA) is 36.9 Å². The van der Waals surface area contributed by atoms with E-state index in [4.69, 9.17) is 18.9 Å². The van der Waals surface area contributed by atoms with Gasteiger partial charge in [-0.2, -0.15) is 0 Å². The van der Waals surface area contributed by atoms with E-state index in [0.717, 1.165) is 22.1 Å². The second-order valence-electron chi connectivity index (χ2n) is 4.07. The van der Waals surface area contributed by atoms with Crippen LogP contribution in [0.15, 0.2) is 36.4 Å². The third kappa shape index (κ3) is 2.30. The van der Waals surface area contributed by atoms with Crippen molar-refractivity contribution < 1.29 is 18.9 Å². The summed E-state index contributed by atoms with van der Waals surface area (Å²) in [6.07, 6.45) is 0. The molecule has 0 unspecified atom stereocenters. The average molecular weight is 262 g/mol. The van der Waals surface area contributed by atoms with E-state index in [9.17, 15) is 0 Å². The number of rotatable bonds is 5. The van der Waals surface area contributed by atoms with Crippen LogP contribution in [0.3, 0.4) is 0 Å². The second kappa shape index (κ2) is 5.57. The summed E-state index contributed by atoms with van der Waals surface area (Å²) < 4.78 is 21.5. The molecule has 0 aliphatic heterocycles. The van der Waals surface area contributed by atoms with E-state index in [-0.39, 0.29) is 0 Å². The number of hydrogen-bond acceptors (Lipinski definition) is 4. The van der Waals surface area contributed by atoms with Gasteiger partial charge in [-0.05, 0) is 17.5 Å². The predicted molar refractivity (Wildman–Crippen MR) is 73.2 cm³/mol. The predicted octanol–water partition coefficient (Wildman–Crippen LogP) is 2.90. The molecule has 0 N–H and O–H groups in total. The second-order valence-corrected chi connectivity index (χ2v) is 4.07. The Morgan fingerprint density at radius 1 is 0.842 bits per heavy atom. The molecule has 4 heteroatoms. The fourth-order valence-corrected chi connectivity index (χ4v) is 2.22. The molecule has 0 saturated heterocycles. The first-order valence-corrected chi connectivity index (χ1v) is 5.93. The molecule has 102 valence electrons. The van der Waals surface area contributed by atoms with Crippen LogP contribution in [0, 0.1) is 0 Å². The Hall–Kier alpha value is -1.62. The third-order valence-electron chi connectivity index (χ3n) is 3.20. The number of hydrogen-bond donors (Lipinski definition) is 0. The van der Waals surface area contributed by atoms with Gasteiger partial charge in [0.15, 0.2) is 0 Å². The lowest BCUT2D eigenvalue weighted by Gasteiger charge is -2.29. The number of benzene rings is 2. The molecule has 19 heavy (non-hydrogen) atoms. The molecule has 2 rings (SSSR count). The van der Waals surface area contributed by atoms with Crippen molar-refractivity contribution in [3.8, 4) is 5.75 Å². The van der Waals surface area contributed by atoms with Gasteiger partial charge in [0.05, 0.1) is 7.11 Å². The van der Waals surface area contributed by atoms with Gasteiger partial charge in [0.2, 0.25) is 0 Å². The van der Waals surface area contributed by atoms with E-state index < -0.39 is 5.97 Å². The van der Waals surface area contributed by atoms with Crippen LogP contribution >= 0.6 is 0 Å². The molecule has 0 heterocycles. The number of fused-ring (bicyclic) bond motifs is 1. The first-order chi connectivity index (χ1) is 9.20. The zero-order valence-corrected chi connectivity index (χ0v) is 11.6. The van der Waals surface area contributed by atoms with Crippen LogP contribution in [0.1, 0.15) is 5.56 Å². The van der Waals surface area contributed by atoms with E-state index in [1.54, 1.807) is 7.11 Å². The van der Waals surface area contributed by atoms with Crippen molar-refractivity contribution in [2.75, 3.05) is 28.4 Å². The summed E-state index contributed by atoms with van der Waals surface area (Å²) in [4.78, 5) is 0. The van der Waals surface area contributed by atoms with Crippen LogP contribution < -0.4 is 4.74 Å². The molecule has 0 spiro atoms. The molecule has 0 aliphatic carbocycles. The maximum absolute atomic E-state index is 5.43. The fraction of sp³-hybridized carbons (Fsp3) is 0.333. The molecule has 0 saturated carbocycles. The first-order valence-electron chi connectivity index (χ1n) is 5.93. The highest BCUT2D eigenvalue weighted by Gasteiger charge is 2.33. The molecule has 0 bridgehead atoms. The monoisotopic (exact) mass is 262 g/mol. The van der Waals surface area contributed by atoms with Gasteiger partial charge in [-0.3, -0.25) is 0 Å². The molecular weight excluding hydrogens is 244 g/mol. The zero-order valence-electron chi connectivity index (χ0n) is 11.6. The van der Waals surface area contributed by atoms with Crippen LogP contribution in [-0.2, 0) is 20.2 Å². The molecule has 0 aromatic heterocycles. The average Bonchev–Trinajstić information content (AvgIpc) is 2.48. The summed E-state index contributed by atoms with van der Waals surface area (Å²) in [6, 6.07) is 11.8. The van der Waals surface area contributed by atoms with Crippen molar-refractivity contribution in [3.05, 3.63) is 42.0 Å². The lowest BCUT2D eigenvalue weighted by Crippen LogP contribution is -2.32. The van der Waals surface area contributed by atoms with Crippen LogP contribution in [0.5, 0.6) is 5.75 Å². The van der Waals surface area contributed by atoms with Crippen LogP contribution in [0.4, 0.5) is 0 Å². The Bertz CT molecular complexity index is 553. The summed E-state index contributed by atoms with van der Waals surface area (Å²) in [5, 5.41) is 2.07. The van der Waals surface area contributed by atoms with Crippen molar-refractivity contribution in [1.29, 1.82) is 0 Å². The smallest absolute Gasteiger partial charge is 0.311 e. The highest BCUT2D eigenvalue weighted by Crippen LogP contribution is 2.34. The lowest BCUT2D eigenvalue weighted by atomic mass is 10.0. The maximum Gasteiger partial charge on any atom is 0.311 e. The fourth-order valence-electron chi connectivity index (χ4n) is 2.22. The Balaban J connectivity index is 2.68. The lowest BCUT2D eigenvalue weighted by molar-refractivity contribution is -0.364. The van der Waals surface area contributed by atoms with Gasteiger partial charge in [-0.15, -0.1) is 0 Å². The Morgan fingerprint density at radius 3 is 2.05 bits per heavy atom. The van der Waals surface area contributed by atoms with E-state index >= 15 is 0 Å². The minimum absolute atomic E-state index is 0.746. The van der Waals surface area contributed by atoms with Crippen LogP contribution in [0.25, 0.3) is 10.8 Å². The zero-order chi connectivity index (χ0) is 13.9. The molecule has 0 fully saturated rings. The Morgan fingerprint density at radius 2 is 1.47 bits per heavy atom. The van der Waals surface area contributed by atoms with Gasteiger partial charge in [0.25, 0.3) is 0 Å². The van der Waals surface area contributed by atoms with Gasteiger partial charge in [0.1, 0.15) is 5.75 Å². The van der Waals surface area contributed by atoms with Crippen LogP contribution in [-0.4, -0.2) is 28.4 Å². The van der Waals surface area contributed by atoms with Gasteiger partial charge < -0.3 is 18.9 Å². The highest BCUT2D eigenvalue weighted by atomic mass is 16.9. The quantitative estimate of drug-likeness (QED) is 0.776. The minimum atomic E-state index is -1.22. The molecule has 0 aliphatic rings. The summed E-state index contributed by atoms with van der Waals surface area (Å²) in [6.45, 7) is 0. The van der Waals surface area contributed by atoms with E-state index in [1.807, 2.05) is 36.4 Å². The summed E-state index contributed by atoms with van der Waals surface area (Å²) in [7, 11) is 6.25. The molecule has 0 atom stereocenters. The molecule has 2 aromatic carbocycles. The van der Waals surface area contributed by atoms with Crippen molar-refractivity contribution in [3.63, 3.8) is 0 Å². The van der Waals surface area contributed by atoms with Gasteiger partial charge in [0, 0.05) is 32.3 Å². The first kappa shape index (κ1) is 13.8. The van der Waals surface area contributed by atoms with Crippen LogP contribution in [0.2, 0.25) is 0 Å². The highest BCUT2D eigenvalue weighted by molar-refractivity contribution is 5.89. The molecule has 0 radical (unpaired) electrons. The van der Waals surface area contributed by atoms with Crippen molar-refractivity contribution in [1.82, 2.24) is 0 Å². The van der Waals surface area contributed by atoms with E-state index in [2.05, 4.69) is 0 Å². The summed E-state index contributed by atoms with van der Waals surface area (Å²) in [5.41, 5.74) is 0.746. The SMILES string of the molecule is COc1cc(C(OC)(OC)OC)cc2ccccc12. The number of methoxy groups -OCH3 is 4. The van der Waals surface area contributed by atoms with E-state index in [1.165, 1.54) is 21.3 Å². The summed E-state index contributed by atoms with van der Waals surface area (Å²) in [5.74, 6) is -0.472. The normalized spacial score (nSPS) is 11.8. The van der Waals surface area contributed by atoms with Gasteiger partial charge >= 0.3 is 5.97 Å². The maximum atomic E-state index is 5.43. The molecule has 0 amide bonds. The van der Waals surface area contributed by atoms with Crippen molar-refractivity contribution in [2.45, 2.75) is 5.97 Å². The Kier molecular flexibility index (Phi) is 4.04. The Labute approximate surface area is 112 Å². The standard InChI is InChI=1S/C15H18O4/c1-16-14-10-12(15(17-2,18-3)19-4)9-11-7-5-6-8-13(11)14/h5-10H,1-4H3. The molecule has 2 aromatic rings. The minimum Gasteiger partial charge on any atom is -0.496 e. The summed E-state index contributed by atoms with van der Waals surface area (Å²) >= 11 is 0. The van der Waals surface area contributed by atoms with E-state index in [0.29, 0.717) is 0 Å². The molecular formula is C15H18O4. The van der Waals surface area contributed by atoms with Crippen molar-refractivity contribution >= 4 is 10.8 Å². The van der Waals surface area contributed by atoms with Gasteiger partial charge in [-0.1, -0.05) is 24.3 Å². The van der Waals surface area contributed by atoms with Gasteiger partial charge in [-0.25, -0.2) is 0 Å². The molecule has 4 nitrogen and oxygen atoms in total. The van der Waals surface area contributed by atoms with Crippen molar-refractivity contribution in [2.24, 2.45) is 0 Å². The number of ether oxygens (including phenoxy) is 4. The largest absolute Gasteiger partial charge is 0.496 e.